The zero-order chi connectivity index (χ0) is 13.4. The van der Waals surface area contributed by atoms with Gasteiger partial charge in [0.2, 0.25) is 0 Å². The van der Waals surface area contributed by atoms with E-state index in [0.717, 1.165) is 0 Å². The van der Waals surface area contributed by atoms with Crippen LogP contribution in [-0.2, 0) is 20.8 Å². The number of anilines is 1. The molecule has 18 heavy (non-hydrogen) atoms. The fraction of sp³-hybridized carbons (Fsp3) is 0.500. The number of pyridine rings is 1. The Hall–Kier alpha value is -1.82. The third-order valence-corrected chi connectivity index (χ3v) is 2.21. The lowest BCUT2D eigenvalue weighted by atomic mass is 10.4. The molecule has 0 unspecified atom stereocenters. The zero-order valence-electron chi connectivity index (χ0n) is 10.4. The van der Waals surface area contributed by atoms with Crippen LogP contribution in [0.3, 0.4) is 0 Å². The molecule has 0 spiro atoms. The molecule has 1 aromatic heterocycles. The number of nitrogens with two attached hydrogens (primary N) is 1. The van der Waals surface area contributed by atoms with Crippen molar-refractivity contribution >= 4 is 11.7 Å². The highest BCUT2D eigenvalue weighted by Crippen LogP contribution is 1.96. The minimum Gasteiger partial charge on any atom is -0.464 e. The fourth-order valence-electron chi connectivity index (χ4n) is 1.35. The summed E-state index contributed by atoms with van der Waals surface area (Å²) in [6.45, 7) is 3.27. The van der Waals surface area contributed by atoms with E-state index in [9.17, 15) is 9.59 Å². The molecule has 0 atom stereocenters. The van der Waals surface area contributed by atoms with E-state index >= 15 is 0 Å². The number of esters is 1. The quantitative estimate of drug-likeness (QED) is 0.562. The monoisotopic (exact) mass is 254 g/mol. The average molecular weight is 254 g/mol. The van der Waals surface area contributed by atoms with E-state index in [-0.39, 0.29) is 18.7 Å². The Morgan fingerprint density at radius 3 is 2.89 bits per heavy atom. The van der Waals surface area contributed by atoms with Gasteiger partial charge in [-0.05, 0) is 13.0 Å². The van der Waals surface area contributed by atoms with Gasteiger partial charge in [0.15, 0.2) is 0 Å². The molecular formula is C12H18N2O4. The molecule has 0 aliphatic rings. The second-order valence-corrected chi connectivity index (χ2v) is 3.70. The standard InChI is InChI=1S/C12H18N2O4/c1-2-17-6-3-7-18-12(16)9-14-8-10(13)4-5-11(14)15/h4-5,8H,2-3,6-7,9,13H2,1H3. The van der Waals surface area contributed by atoms with Gasteiger partial charge in [-0.25, -0.2) is 0 Å². The van der Waals surface area contributed by atoms with Gasteiger partial charge >= 0.3 is 5.97 Å². The minimum absolute atomic E-state index is 0.126. The van der Waals surface area contributed by atoms with Crippen molar-refractivity contribution in [2.24, 2.45) is 0 Å². The second-order valence-electron chi connectivity index (χ2n) is 3.70. The Kier molecular flexibility index (Phi) is 5.93. The van der Waals surface area contributed by atoms with Gasteiger partial charge in [-0.2, -0.15) is 0 Å². The van der Waals surface area contributed by atoms with Crippen molar-refractivity contribution in [1.82, 2.24) is 4.57 Å². The maximum Gasteiger partial charge on any atom is 0.326 e. The molecule has 0 aromatic carbocycles. The summed E-state index contributed by atoms with van der Waals surface area (Å²) >= 11 is 0. The van der Waals surface area contributed by atoms with Crippen LogP contribution in [0.25, 0.3) is 0 Å². The molecule has 0 bridgehead atoms. The van der Waals surface area contributed by atoms with E-state index in [2.05, 4.69) is 0 Å². The summed E-state index contributed by atoms with van der Waals surface area (Å²) in [5.74, 6) is -0.459. The normalized spacial score (nSPS) is 10.3. The molecular weight excluding hydrogens is 236 g/mol. The highest BCUT2D eigenvalue weighted by molar-refractivity contribution is 5.69. The van der Waals surface area contributed by atoms with Crippen molar-refractivity contribution in [1.29, 1.82) is 0 Å². The number of nitrogen functional groups attached to an aromatic ring is 1. The molecule has 1 rings (SSSR count). The number of hydrogen-bond acceptors (Lipinski definition) is 5. The van der Waals surface area contributed by atoms with E-state index in [1.807, 2.05) is 6.92 Å². The van der Waals surface area contributed by atoms with Gasteiger partial charge in [-0.3, -0.25) is 9.59 Å². The summed E-state index contributed by atoms with van der Waals surface area (Å²) in [7, 11) is 0. The maximum absolute atomic E-state index is 11.4. The van der Waals surface area contributed by atoms with E-state index in [1.165, 1.54) is 22.9 Å². The van der Waals surface area contributed by atoms with Gasteiger partial charge in [0.25, 0.3) is 5.56 Å². The SMILES string of the molecule is CCOCCCOC(=O)Cn1cc(N)ccc1=O. The maximum atomic E-state index is 11.4. The molecule has 0 fully saturated rings. The smallest absolute Gasteiger partial charge is 0.326 e. The fourth-order valence-corrected chi connectivity index (χ4v) is 1.35. The lowest BCUT2D eigenvalue weighted by molar-refractivity contribution is -0.144. The molecule has 0 amide bonds. The lowest BCUT2D eigenvalue weighted by Gasteiger charge is -2.07. The first-order valence-corrected chi connectivity index (χ1v) is 5.83. The lowest BCUT2D eigenvalue weighted by Crippen LogP contribution is -2.24. The topological polar surface area (TPSA) is 83.6 Å². The summed E-state index contributed by atoms with van der Waals surface area (Å²) in [6.07, 6.45) is 2.06. The van der Waals surface area contributed by atoms with Crippen LogP contribution >= 0.6 is 0 Å². The Bertz CT molecular complexity index is 442. The number of ether oxygens (including phenoxy) is 2. The van der Waals surface area contributed by atoms with Gasteiger partial charge in [0.1, 0.15) is 6.54 Å². The van der Waals surface area contributed by atoms with Crippen LogP contribution in [-0.4, -0.2) is 30.4 Å². The van der Waals surface area contributed by atoms with Crippen LogP contribution in [0, 0.1) is 0 Å². The van der Waals surface area contributed by atoms with Crippen molar-refractivity contribution in [2.75, 3.05) is 25.6 Å². The van der Waals surface area contributed by atoms with Gasteiger partial charge in [0, 0.05) is 37.6 Å². The molecule has 1 aromatic rings. The molecule has 2 N–H and O–H groups in total. The van der Waals surface area contributed by atoms with Gasteiger partial charge < -0.3 is 19.8 Å². The number of carbonyl (C=O) groups excluding carboxylic acids is 1. The summed E-state index contributed by atoms with van der Waals surface area (Å²) in [6, 6.07) is 2.81. The number of hydrogen-bond donors (Lipinski definition) is 1. The summed E-state index contributed by atoms with van der Waals surface area (Å²) < 4.78 is 11.3. The first kappa shape index (κ1) is 14.2. The predicted octanol–water partition coefficient (Wildman–Crippen LogP) is 0.400. The summed E-state index contributed by atoms with van der Waals surface area (Å²) in [4.78, 5) is 22.8. The molecule has 0 aliphatic heterocycles. The minimum atomic E-state index is -0.459. The molecule has 0 saturated carbocycles. The Morgan fingerprint density at radius 1 is 1.39 bits per heavy atom. The molecule has 0 aliphatic carbocycles. The summed E-state index contributed by atoms with van der Waals surface area (Å²) in [5, 5.41) is 0. The van der Waals surface area contributed by atoms with Crippen LogP contribution in [0.4, 0.5) is 5.69 Å². The van der Waals surface area contributed by atoms with Crippen LogP contribution < -0.4 is 11.3 Å². The molecule has 100 valence electrons. The third-order valence-electron chi connectivity index (χ3n) is 2.21. The van der Waals surface area contributed by atoms with Crippen LogP contribution in [0.2, 0.25) is 0 Å². The van der Waals surface area contributed by atoms with Crippen LogP contribution in [0.5, 0.6) is 0 Å². The second kappa shape index (κ2) is 7.50. The van der Waals surface area contributed by atoms with Crippen molar-refractivity contribution in [2.45, 2.75) is 19.9 Å². The Balaban J connectivity index is 2.35. The number of rotatable bonds is 7. The Labute approximate surface area is 105 Å². The van der Waals surface area contributed by atoms with E-state index in [0.29, 0.717) is 25.3 Å². The third kappa shape index (κ3) is 5.01. The number of carbonyl (C=O) groups is 1. The molecule has 1 heterocycles. The summed E-state index contributed by atoms with van der Waals surface area (Å²) in [5.41, 5.74) is 5.68. The number of aromatic nitrogens is 1. The van der Waals surface area contributed by atoms with Crippen molar-refractivity contribution in [3.8, 4) is 0 Å². The first-order valence-electron chi connectivity index (χ1n) is 5.83. The van der Waals surface area contributed by atoms with Gasteiger partial charge in [-0.15, -0.1) is 0 Å². The van der Waals surface area contributed by atoms with Crippen molar-refractivity contribution < 1.29 is 14.3 Å². The largest absolute Gasteiger partial charge is 0.464 e. The van der Waals surface area contributed by atoms with Gasteiger partial charge in [-0.1, -0.05) is 0 Å². The Morgan fingerprint density at radius 2 is 2.17 bits per heavy atom. The molecule has 6 heteroatoms. The van der Waals surface area contributed by atoms with E-state index in [4.69, 9.17) is 15.2 Å². The highest BCUT2D eigenvalue weighted by atomic mass is 16.5. The highest BCUT2D eigenvalue weighted by Gasteiger charge is 2.05. The average Bonchev–Trinajstić information content (AvgIpc) is 2.33. The molecule has 0 saturated heterocycles. The molecule has 0 radical (unpaired) electrons. The molecule has 6 nitrogen and oxygen atoms in total. The van der Waals surface area contributed by atoms with Crippen molar-refractivity contribution in [3.05, 3.63) is 28.7 Å². The van der Waals surface area contributed by atoms with Crippen LogP contribution in [0.1, 0.15) is 13.3 Å². The van der Waals surface area contributed by atoms with Crippen molar-refractivity contribution in [3.63, 3.8) is 0 Å². The van der Waals surface area contributed by atoms with E-state index < -0.39 is 5.97 Å². The van der Waals surface area contributed by atoms with Crippen LogP contribution in [0.15, 0.2) is 23.1 Å². The zero-order valence-corrected chi connectivity index (χ0v) is 10.4. The number of nitrogens with zero attached hydrogens (tertiary/aromatic N) is 1. The van der Waals surface area contributed by atoms with Gasteiger partial charge in [0.05, 0.1) is 6.61 Å². The predicted molar refractivity (Wildman–Crippen MR) is 67.2 cm³/mol. The van der Waals surface area contributed by atoms with E-state index in [1.54, 1.807) is 0 Å². The first-order chi connectivity index (χ1) is 8.63.